The summed E-state index contributed by atoms with van der Waals surface area (Å²) in [7, 11) is 0. The molecule has 0 atom stereocenters. The Morgan fingerprint density at radius 3 is 2.73 bits per heavy atom. The summed E-state index contributed by atoms with van der Waals surface area (Å²) in [6.07, 6.45) is 1.46. The van der Waals surface area contributed by atoms with Crippen molar-refractivity contribution in [3.8, 4) is 0 Å². The molecule has 3 nitrogen and oxygen atoms in total. The Kier molecular flexibility index (Phi) is 6.03. The maximum Gasteiger partial charge on any atom is 0.124 e. The molecule has 5 heteroatoms. The number of halogens is 1. The first-order chi connectivity index (χ1) is 10.6. The van der Waals surface area contributed by atoms with E-state index in [-0.39, 0.29) is 12.4 Å². The molecule has 0 fully saturated rings. The van der Waals surface area contributed by atoms with Crippen LogP contribution in [-0.4, -0.2) is 21.3 Å². The largest absolute Gasteiger partial charge is 0.396 e. The molecule has 0 aliphatic carbocycles. The number of rotatable bonds is 7. The fourth-order valence-corrected chi connectivity index (χ4v) is 3.65. The molecule has 0 bridgehead atoms. The van der Waals surface area contributed by atoms with Crippen molar-refractivity contribution >= 4 is 11.8 Å². The molecule has 2 aromatic rings. The molecular formula is C17H23FN2OS. The van der Waals surface area contributed by atoms with Gasteiger partial charge in [0.1, 0.15) is 16.7 Å². The van der Waals surface area contributed by atoms with Crippen molar-refractivity contribution in [2.75, 3.05) is 6.61 Å². The number of benzene rings is 1. The molecule has 0 aliphatic rings. The zero-order valence-corrected chi connectivity index (χ0v) is 14.2. The van der Waals surface area contributed by atoms with E-state index in [2.05, 4.69) is 25.3 Å². The number of hydrogen-bond acceptors (Lipinski definition) is 3. The summed E-state index contributed by atoms with van der Waals surface area (Å²) in [6, 6.07) is 6.65. The SMILES string of the molecule is CCn1c(CCCO)nc(C(C)C)c1Sc1cccc(F)c1. The number of aromatic nitrogens is 2. The summed E-state index contributed by atoms with van der Waals surface area (Å²) in [5.74, 6) is 1.08. The number of aliphatic hydroxyl groups is 1. The van der Waals surface area contributed by atoms with E-state index < -0.39 is 0 Å². The van der Waals surface area contributed by atoms with Crippen LogP contribution in [-0.2, 0) is 13.0 Å². The van der Waals surface area contributed by atoms with Gasteiger partial charge in [-0.1, -0.05) is 31.7 Å². The van der Waals surface area contributed by atoms with E-state index in [0.29, 0.717) is 12.3 Å². The predicted octanol–water partition coefficient (Wildman–Crippen LogP) is 4.24. The molecular weight excluding hydrogens is 299 g/mol. The van der Waals surface area contributed by atoms with Crippen LogP contribution in [0.15, 0.2) is 34.2 Å². The maximum atomic E-state index is 13.4. The molecule has 1 aromatic carbocycles. The quantitative estimate of drug-likeness (QED) is 0.828. The fourth-order valence-electron chi connectivity index (χ4n) is 2.38. The van der Waals surface area contributed by atoms with Crippen molar-refractivity contribution in [3.63, 3.8) is 0 Å². The lowest BCUT2D eigenvalue weighted by molar-refractivity contribution is 0.286. The van der Waals surface area contributed by atoms with Crippen LogP contribution in [0.4, 0.5) is 4.39 Å². The Morgan fingerprint density at radius 2 is 2.14 bits per heavy atom. The summed E-state index contributed by atoms with van der Waals surface area (Å²) < 4.78 is 15.6. The van der Waals surface area contributed by atoms with Crippen molar-refractivity contribution in [1.29, 1.82) is 0 Å². The van der Waals surface area contributed by atoms with E-state index in [0.717, 1.165) is 34.4 Å². The van der Waals surface area contributed by atoms with Crippen molar-refractivity contribution in [1.82, 2.24) is 9.55 Å². The number of hydrogen-bond donors (Lipinski definition) is 1. The van der Waals surface area contributed by atoms with Gasteiger partial charge in [0.05, 0.1) is 5.69 Å². The van der Waals surface area contributed by atoms with E-state index in [1.165, 1.54) is 6.07 Å². The van der Waals surface area contributed by atoms with E-state index in [9.17, 15) is 4.39 Å². The lowest BCUT2D eigenvalue weighted by Gasteiger charge is -2.11. The van der Waals surface area contributed by atoms with Gasteiger partial charge in [-0.2, -0.15) is 0 Å². The summed E-state index contributed by atoms with van der Waals surface area (Å²) in [4.78, 5) is 5.65. The van der Waals surface area contributed by atoms with Crippen LogP contribution in [0.5, 0.6) is 0 Å². The molecule has 1 N–H and O–H groups in total. The molecule has 0 unspecified atom stereocenters. The molecule has 0 spiro atoms. The molecule has 2 rings (SSSR count). The molecule has 1 heterocycles. The molecule has 0 aliphatic heterocycles. The summed E-state index contributed by atoms with van der Waals surface area (Å²) in [5, 5.41) is 10.1. The third kappa shape index (κ3) is 3.90. The zero-order valence-electron chi connectivity index (χ0n) is 13.3. The zero-order chi connectivity index (χ0) is 16.1. The van der Waals surface area contributed by atoms with Crippen LogP contribution in [0.1, 0.15) is 44.6 Å². The van der Waals surface area contributed by atoms with Crippen LogP contribution in [0, 0.1) is 5.82 Å². The Hall–Kier alpha value is -1.33. The minimum absolute atomic E-state index is 0.167. The van der Waals surface area contributed by atoms with Crippen LogP contribution >= 0.6 is 11.8 Å². The van der Waals surface area contributed by atoms with Crippen LogP contribution in [0.3, 0.4) is 0 Å². The molecule has 0 saturated heterocycles. The monoisotopic (exact) mass is 322 g/mol. The summed E-state index contributed by atoms with van der Waals surface area (Å²) in [6.45, 7) is 7.31. The molecule has 0 amide bonds. The van der Waals surface area contributed by atoms with Crippen molar-refractivity contribution in [2.45, 2.75) is 56.0 Å². The average molecular weight is 322 g/mol. The maximum absolute atomic E-state index is 13.4. The highest BCUT2D eigenvalue weighted by Crippen LogP contribution is 2.35. The third-order valence-corrected chi connectivity index (χ3v) is 4.57. The van der Waals surface area contributed by atoms with E-state index in [1.807, 2.05) is 6.07 Å². The van der Waals surface area contributed by atoms with Crippen molar-refractivity contribution in [3.05, 3.63) is 41.6 Å². The summed E-state index contributed by atoms with van der Waals surface area (Å²) >= 11 is 1.56. The fraction of sp³-hybridized carbons (Fsp3) is 0.471. The number of nitrogens with zero attached hydrogens (tertiary/aromatic N) is 2. The number of aliphatic hydroxyl groups excluding tert-OH is 1. The second-order valence-corrected chi connectivity index (χ2v) is 6.57. The van der Waals surface area contributed by atoms with Gasteiger partial charge in [-0.05, 0) is 37.5 Å². The van der Waals surface area contributed by atoms with Crippen LogP contribution in [0.25, 0.3) is 0 Å². The Balaban J connectivity index is 2.40. The van der Waals surface area contributed by atoms with Gasteiger partial charge in [0.25, 0.3) is 0 Å². The van der Waals surface area contributed by atoms with E-state index >= 15 is 0 Å². The normalized spacial score (nSPS) is 11.4. The van der Waals surface area contributed by atoms with Gasteiger partial charge < -0.3 is 9.67 Å². The van der Waals surface area contributed by atoms with E-state index in [4.69, 9.17) is 10.1 Å². The van der Waals surface area contributed by atoms with Crippen LogP contribution < -0.4 is 0 Å². The van der Waals surface area contributed by atoms with Gasteiger partial charge in [0, 0.05) is 24.5 Å². The third-order valence-electron chi connectivity index (χ3n) is 3.46. The first kappa shape index (κ1) is 17.0. The molecule has 22 heavy (non-hydrogen) atoms. The number of aryl methyl sites for hydroxylation is 1. The van der Waals surface area contributed by atoms with Gasteiger partial charge >= 0.3 is 0 Å². The standard InChI is InChI=1S/C17H23FN2OS/c1-4-20-15(9-6-10-21)19-16(12(2)3)17(20)22-14-8-5-7-13(18)11-14/h5,7-8,11-12,21H,4,6,9-10H2,1-3H3. The smallest absolute Gasteiger partial charge is 0.124 e. The van der Waals surface area contributed by atoms with Crippen LogP contribution in [0.2, 0.25) is 0 Å². The Labute approximate surface area is 135 Å². The predicted molar refractivity (Wildman–Crippen MR) is 87.9 cm³/mol. The van der Waals surface area contributed by atoms with Gasteiger partial charge in [0.2, 0.25) is 0 Å². The van der Waals surface area contributed by atoms with Crippen molar-refractivity contribution < 1.29 is 9.50 Å². The van der Waals surface area contributed by atoms with Gasteiger partial charge in [-0.15, -0.1) is 0 Å². The first-order valence-electron chi connectivity index (χ1n) is 7.70. The average Bonchev–Trinajstić information content (AvgIpc) is 2.83. The first-order valence-corrected chi connectivity index (χ1v) is 8.52. The highest BCUT2D eigenvalue weighted by atomic mass is 32.2. The number of imidazole rings is 1. The second kappa shape index (κ2) is 7.79. The minimum atomic E-state index is -0.223. The highest BCUT2D eigenvalue weighted by Gasteiger charge is 2.19. The molecule has 1 aromatic heterocycles. The Bertz CT molecular complexity index is 625. The molecule has 0 saturated carbocycles. The highest BCUT2D eigenvalue weighted by molar-refractivity contribution is 7.99. The van der Waals surface area contributed by atoms with E-state index in [1.54, 1.807) is 23.9 Å². The summed E-state index contributed by atoms with van der Waals surface area (Å²) in [5.41, 5.74) is 1.05. The van der Waals surface area contributed by atoms with Gasteiger partial charge in [0.15, 0.2) is 0 Å². The minimum Gasteiger partial charge on any atom is -0.396 e. The van der Waals surface area contributed by atoms with Gasteiger partial charge in [-0.25, -0.2) is 9.37 Å². The lowest BCUT2D eigenvalue weighted by Crippen LogP contribution is -2.04. The molecule has 0 radical (unpaired) electrons. The molecule has 120 valence electrons. The van der Waals surface area contributed by atoms with Gasteiger partial charge in [-0.3, -0.25) is 0 Å². The Morgan fingerprint density at radius 1 is 1.36 bits per heavy atom. The second-order valence-electron chi connectivity index (χ2n) is 5.50. The van der Waals surface area contributed by atoms with Crippen molar-refractivity contribution in [2.24, 2.45) is 0 Å². The lowest BCUT2D eigenvalue weighted by atomic mass is 10.1. The topological polar surface area (TPSA) is 38.0 Å².